The second-order valence-electron chi connectivity index (χ2n) is 6.61. The van der Waals surface area contributed by atoms with Gasteiger partial charge in [0.1, 0.15) is 5.84 Å². The summed E-state index contributed by atoms with van der Waals surface area (Å²) in [6.07, 6.45) is 5.89. The molecule has 0 aromatic heterocycles. The highest BCUT2D eigenvalue weighted by molar-refractivity contribution is 5.87. The predicted molar refractivity (Wildman–Crippen MR) is 73.9 cm³/mol. The summed E-state index contributed by atoms with van der Waals surface area (Å²) < 4.78 is 0. The molecule has 5 nitrogen and oxygen atoms in total. The second kappa shape index (κ2) is 5.02. The molecule has 0 aromatic rings. The summed E-state index contributed by atoms with van der Waals surface area (Å²) in [6, 6.07) is 0. The summed E-state index contributed by atoms with van der Waals surface area (Å²) in [6.45, 7) is 5.52. The molecule has 0 radical (unpaired) electrons. The number of nitrogens with two attached hydrogens (primary N) is 1. The van der Waals surface area contributed by atoms with Crippen molar-refractivity contribution in [3.05, 3.63) is 0 Å². The fourth-order valence-electron chi connectivity index (χ4n) is 3.33. The Morgan fingerprint density at radius 1 is 1.11 bits per heavy atom. The molecule has 108 valence electrons. The van der Waals surface area contributed by atoms with E-state index in [1.165, 1.54) is 0 Å². The zero-order chi connectivity index (χ0) is 14.1. The molecule has 1 amide bonds. The fraction of sp³-hybridized carbons (Fsp3) is 0.857. The number of rotatable bonds is 2. The maximum atomic E-state index is 12.6. The van der Waals surface area contributed by atoms with Crippen LogP contribution < -0.4 is 5.73 Å². The Morgan fingerprint density at radius 2 is 1.63 bits per heavy atom. The van der Waals surface area contributed by atoms with Gasteiger partial charge in [0.05, 0.1) is 0 Å². The lowest BCUT2D eigenvalue weighted by Crippen LogP contribution is -2.50. The summed E-state index contributed by atoms with van der Waals surface area (Å²) in [7, 11) is 0. The maximum Gasteiger partial charge on any atom is 0.228 e. The number of hydrogen-bond acceptors (Lipinski definition) is 3. The van der Waals surface area contributed by atoms with E-state index in [2.05, 4.69) is 12.1 Å². The first-order chi connectivity index (χ1) is 8.91. The van der Waals surface area contributed by atoms with Crippen LogP contribution in [0.3, 0.4) is 0 Å². The minimum Gasteiger partial charge on any atom is -0.409 e. The predicted octanol–water partition coefficient (Wildman–Crippen LogP) is 1.94. The zero-order valence-electron chi connectivity index (χ0n) is 12.0. The summed E-state index contributed by atoms with van der Waals surface area (Å²) in [5.74, 6) is 0.582. The van der Waals surface area contributed by atoms with Crippen LogP contribution in [-0.4, -0.2) is 34.9 Å². The molecule has 1 saturated heterocycles. The standard InChI is InChI=1S/C14H25N3O2/c1-13(11(15)16-19)7-9-17(10-8-13)12(18)14(2)5-3-4-6-14/h19H,3-10H2,1-2H3,(H2,15,16). The quantitative estimate of drug-likeness (QED) is 0.347. The Balaban J connectivity index is 1.98. The monoisotopic (exact) mass is 267 g/mol. The number of amides is 1. The van der Waals surface area contributed by atoms with Crippen LogP contribution in [0, 0.1) is 10.8 Å². The van der Waals surface area contributed by atoms with Crippen molar-refractivity contribution < 1.29 is 10.0 Å². The highest BCUT2D eigenvalue weighted by atomic mass is 16.4. The molecule has 19 heavy (non-hydrogen) atoms. The summed E-state index contributed by atoms with van der Waals surface area (Å²) in [4.78, 5) is 14.6. The summed E-state index contributed by atoms with van der Waals surface area (Å²) in [5, 5.41) is 12.0. The van der Waals surface area contributed by atoms with E-state index in [0.717, 1.165) is 38.5 Å². The van der Waals surface area contributed by atoms with Crippen LogP contribution in [0.5, 0.6) is 0 Å². The molecule has 0 spiro atoms. The van der Waals surface area contributed by atoms with E-state index in [-0.39, 0.29) is 16.7 Å². The van der Waals surface area contributed by atoms with Crippen LogP contribution >= 0.6 is 0 Å². The minimum absolute atomic E-state index is 0.148. The van der Waals surface area contributed by atoms with E-state index in [1.807, 2.05) is 11.8 Å². The van der Waals surface area contributed by atoms with E-state index in [9.17, 15) is 4.79 Å². The normalized spacial score (nSPS) is 26.4. The lowest BCUT2D eigenvalue weighted by molar-refractivity contribution is -0.142. The SMILES string of the molecule is CC1(C(=O)N2CCC(C)(C(N)=NO)CC2)CCCC1. The van der Waals surface area contributed by atoms with Crippen molar-refractivity contribution >= 4 is 11.7 Å². The van der Waals surface area contributed by atoms with Gasteiger partial charge in [-0.2, -0.15) is 0 Å². The van der Waals surface area contributed by atoms with Crippen LogP contribution in [0.25, 0.3) is 0 Å². The zero-order valence-corrected chi connectivity index (χ0v) is 12.0. The number of nitrogens with zero attached hydrogens (tertiary/aromatic N) is 2. The van der Waals surface area contributed by atoms with Crippen molar-refractivity contribution in [3.63, 3.8) is 0 Å². The van der Waals surface area contributed by atoms with E-state index in [1.54, 1.807) is 0 Å². The van der Waals surface area contributed by atoms with Gasteiger partial charge in [-0.15, -0.1) is 0 Å². The van der Waals surface area contributed by atoms with Crippen LogP contribution in [0.1, 0.15) is 52.4 Å². The Kier molecular flexibility index (Phi) is 3.74. The van der Waals surface area contributed by atoms with E-state index < -0.39 is 0 Å². The van der Waals surface area contributed by atoms with Gasteiger partial charge in [0.25, 0.3) is 0 Å². The average Bonchev–Trinajstić information content (AvgIpc) is 2.86. The van der Waals surface area contributed by atoms with Gasteiger partial charge in [0.15, 0.2) is 0 Å². The van der Waals surface area contributed by atoms with Gasteiger partial charge in [-0.3, -0.25) is 4.79 Å². The fourth-order valence-corrected chi connectivity index (χ4v) is 3.33. The third-order valence-corrected chi connectivity index (χ3v) is 5.10. The number of amidine groups is 1. The first kappa shape index (κ1) is 14.2. The van der Waals surface area contributed by atoms with Crippen molar-refractivity contribution in [2.45, 2.75) is 52.4 Å². The number of hydrogen-bond donors (Lipinski definition) is 2. The Bertz CT molecular complexity index is 378. The average molecular weight is 267 g/mol. The molecular formula is C14H25N3O2. The largest absolute Gasteiger partial charge is 0.409 e. The Morgan fingerprint density at radius 3 is 2.11 bits per heavy atom. The number of likely N-dealkylation sites (tertiary alicyclic amines) is 1. The molecule has 0 unspecified atom stereocenters. The molecular weight excluding hydrogens is 242 g/mol. The molecule has 5 heteroatoms. The lowest BCUT2D eigenvalue weighted by atomic mass is 9.78. The van der Waals surface area contributed by atoms with E-state index in [4.69, 9.17) is 10.9 Å². The third-order valence-electron chi connectivity index (χ3n) is 5.10. The van der Waals surface area contributed by atoms with Crippen LogP contribution in [0.15, 0.2) is 5.16 Å². The van der Waals surface area contributed by atoms with Gasteiger partial charge in [-0.1, -0.05) is 31.8 Å². The molecule has 2 rings (SSSR count). The highest BCUT2D eigenvalue weighted by Gasteiger charge is 2.42. The van der Waals surface area contributed by atoms with E-state index >= 15 is 0 Å². The molecule has 0 aromatic carbocycles. The number of piperidine rings is 1. The number of carbonyl (C=O) groups excluding carboxylic acids is 1. The van der Waals surface area contributed by atoms with Crippen molar-refractivity contribution in [3.8, 4) is 0 Å². The van der Waals surface area contributed by atoms with Crippen molar-refractivity contribution in [1.82, 2.24) is 4.90 Å². The molecule has 1 aliphatic heterocycles. The van der Waals surface area contributed by atoms with Gasteiger partial charge < -0.3 is 15.8 Å². The van der Waals surface area contributed by atoms with Crippen LogP contribution in [0.4, 0.5) is 0 Å². The second-order valence-corrected chi connectivity index (χ2v) is 6.61. The topological polar surface area (TPSA) is 78.9 Å². The van der Waals surface area contributed by atoms with Crippen molar-refractivity contribution in [2.75, 3.05) is 13.1 Å². The summed E-state index contributed by atoms with van der Waals surface area (Å²) >= 11 is 0. The van der Waals surface area contributed by atoms with E-state index in [0.29, 0.717) is 19.0 Å². The lowest BCUT2D eigenvalue weighted by Gasteiger charge is -2.41. The van der Waals surface area contributed by atoms with Crippen molar-refractivity contribution in [2.24, 2.45) is 21.7 Å². The highest BCUT2D eigenvalue weighted by Crippen LogP contribution is 2.41. The van der Waals surface area contributed by atoms with Gasteiger partial charge in [0, 0.05) is 23.9 Å². The third kappa shape index (κ3) is 2.55. The molecule has 1 saturated carbocycles. The van der Waals surface area contributed by atoms with Gasteiger partial charge in [-0.25, -0.2) is 0 Å². The Hall–Kier alpha value is -1.26. The first-order valence-corrected chi connectivity index (χ1v) is 7.19. The smallest absolute Gasteiger partial charge is 0.228 e. The maximum absolute atomic E-state index is 12.6. The van der Waals surface area contributed by atoms with Crippen LogP contribution in [0.2, 0.25) is 0 Å². The molecule has 2 aliphatic rings. The molecule has 1 heterocycles. The molecule has 2 fully saturated rings. The number of oxime groups is 1. The molecule has 3 N–H and O–H groups in total. The minimum atomic E-state index is -0.276. The molecule has 0 atom stereocenters. The molecule has 1 aliphatic carbocycles. The van der Waals surface area contributed by atoms with Crippen molar-refractivity contribution in [1.29, 1.82) is 0 Å². The van der Waals surface area contributed by atoms with Gasteiger partial charge in [-0.05, 0) is 25.7 Å². The first-order valence-electron chi connectivity index (χ1n) is 7.19. The van der Waals surface area contributed by atoms with Gasteiger partial charge in [0.2, 0.25) is 5.91 Å². The van der Waals surface area contributed by atoms with Gasteiger partial charge >= 0.3 is 0 Å². The Labute approximate surface area is 114 Å². The number of carbonyl (C=O) groups is 1. The molecule has 0 bridgehead atoms. The van der Waals surface area contributed by atoms with Crippen LogP contribution in [-0.2, 0) is 4.79 Å². The summed E-state index contributed by atoms with van der Waals surface area (Å²) in [5.41, 5.74) is 5.32.